The molecule has 1 aromatic heterocycles. The summed E-state index contributed by atoms with van der Waals surface area (Å²) in [5.74, 6) is -1.87. The van der Waals surface area contributed by atoms with Crippen molar-refractivity contribution < 1.29 is 27.0 Å². The molecule has 8 nitrogen and oxygen atoms in total. The summed E-state index contributed by atoms with van der Waals surface area (Å²) in [6, 6.07) is 5.16. The molecule has 2 N–H and O–H groups in total. The van der Waals surface area contributed by atoms with Gasteiger partial charge in [-0.3, -0.25) is 4.72 Å². The first-order valence-corrected chi connectivity index (χ1v) is 11.7. The molecular weight excluding hydrogens is 438 g/mol. The highest BCUT2D eigenvalue weighted by Crippen LogP contribution is 2.27. The molecule has 1 aliphatic heterocycles. The Hall–Kier alpha value is -2.02. The summed E-state index contributed by atoms with van der Waals surface area (Å²) in [6.45, 7) is 4.01. The van der Waals surface area contributed by atoms with Gasteiger partial charge >= 0.3 is 10.2 Å². The van der Waals surface area contributed by atoms with Gasteiger partial charge in [-0.05, 0) is 26.3 Å². The van der Waals surface area contributed by atoms with Crippen LogP contribution in [0, 0.1) is 11.6 Å². The van der Waals surface area contributed by atoms with E-state index in [1.54, 1.807) is 13.8 Å². The monoisotopic (exact) mass is 460 g/mol. The molecule has 0 spiro atoms. The number of thioether (sulfide) groups is 1. The number of rotatable bonds is 9. The molecule has 1 saturated heterocycles. The molecule has 0 amide bonds. The second-order valence-electron chi connectivity index (χ2n) is 6.80. The normalized spacial score (nSPS) is 16.6. The number of hydrogen-bond donors (Lipinski definition) is 2. The molecule has 1 aromatic carbocycles. The summed E-state index contributed by atoms with van der Waals surface area (Å²) in [5.41, 5.74) is 0.120. The van der Waals surface area contributed by atoms with Crippen LogP contribution in [0.2, 0.25) is 0 Å². The Kier molecular flexibility index (Phi) is 7.11. The third kappa shape index (κ3) is 5.56. The van der Waals surface area contributed by atoms with Crippen LogP contribution >= 0.6 is 11.8 Å². The Morgan fingerprint density at radius 2 is 2.03 bits per heavy atom. The van der Waals surface area contributed by atoms with E-state index in [2.05, 4.69) is 14.7 Å². The van der Waals surface area contributed by atoms with Gasteiger partial charge in [-0.1, -0.05) is 23.9 Å². The smallest absolute Gasteiger partial charge is 0.302 e. The maximum atomic E-state index is 13.9. The molecule has 0 aliphatic carbocycles. The standard InChI is InChI=1S/C18H22F2N4O4S2/c1-11(25)12(2)28-16-9-15(23-30(26,27)24-7-4-8-24)21-18(22-16)29-10-13-5-3-6-14(19)17(13)20/h3,5-6,9,11-12,25H,4,7-8,10H2,1-2H3,(H,21,22,23)/t11-,12-/m0/s1. The lowest BCUT2D eigenvalue weighted by molar-refractivity contribution is 0.0569. The summed E-state index contributed by atoms with van der Waals surface area (Å²) in [7, 11) is -3.77. The largest absolute Gasteiger partial charge is 0.472 e. The minimum absolute atomic E-state index is 0.0214. The van der Waals surface area contributed by atoms with Crippen LogP contribution in [0.25, 0.3) is 0 Å². The van der Waals surface area contributed by atoms with Gasteiger partial charge in [0.1, 0.15) is 11.9 Å². The second-order valence-corrected chi connectivity index (χ2v) is 9.41. The van der Waals surface area contributed by atoms with E-state index in [4.69, 9.17) is 4.74 Å². The number of aromatic nitrogens is 2. The molecule has 0 unspecified atom stereocenters. The number of ether oxygens (including phenoxy) is 1. The zero-order valence-electron chi connectivity index (χ0n) is 16.4. The average Bonchev–Trinajstić information content (AvgIpc) is 2.60. The highest BCUT2D eigenvalue weighted by Gasteiger charge is 2.28. The van der Waals surface area contributed by atoms with E-state index in [1.165, 1.54) is 22.5 Å². The Bertz CT molecular complexity index is 1000. The zero-order valence-corrected chi connectivity index (χ0v) is 18.0. The molecule has 1 aliphatic rings. The van der Waals surface area contributed by atoms with Gasteiger partial charge in [0.2, 0.25) is 5.88 Å². The summed E-state index contributed by atoms with van der Waals surface area (Å²) >= 11 is 0.995. The van der Waals surface area contributed by atoms with E-state index in [0.717, 1.165) is 24.2 Å². The third-order valence-corrected chi connectivity index (χ3v) is 6.85. The Balaban J connectivity index is 1.83. The Labute approximate surface area is 177 Å². The fourth-order valence-electron chi connectivity index (χ4n) is 2.40. The molecule has 1 fully saturated rings. The van der Waals surface area contributed by atoms with Gasteiger partial charge in [-0.25, -0.2) is 13.8 Å². The second kappa shape index (κ2) is 9.41. The molecule has 2 atom stereocenters. The summed E-state index contributed by atoms with van der Waals surface area (Å²) < 4.78 is 61.3. The number of nitrogens with one attached hydrogen (secondary N) is 1. The summed E-state index contributed by atoms with van der Waals surface area (Å²) in [4.78, 5) is 8.34. The van der Waals surface area contributed by atoms with Crippen molar-refractivity contribution in [3.05, 3.63) is 41.5 Å². The Morgan fingerprint density at radius 3 is 2.67 bits per heavy atom. The van der Waals surface area contributed by atoms with Gasteiger partial charge in [0.15, 0.2) is 16.8 Å². The number of aliphatic hydroxyl groups excluding tert-OH is 1. The van der Waals surface area contributed by atoms with Crippen molar-refractivity contribution in [3.63, 3.8) is 0 Å². The van der Waals surface area contributed by atoms with Crippen LogP contribution in [0.5, 0.6) is 5.88 Å². The van der Waals surface area contributed by atoms with Crippen molar-refractivity contribution >= 4 is 27.8 Å². The maximum absolute atomic E-state index is 13.9. The molecule has 0 radical (unpaired) electrons. The SMILES string of the molecule is C[C@H](O)[C@H](C)Oc1cc(NS(=O)(=O)N2CCC2)nc(SCc2cccc(F)c2F)n1. The first-order valence-electron chi connectivity index (χ1n) is 9.23. The minimum Gasteiger partial charge on any atom is -0.472 e. The summed E-state index contributed by atoms with van der Waals surface area (Å²) in [5, 5.41) is 9.77. The fourth-order valence-corrected chi connectivity index (χ4v) is 4.46. The molecule has 164 valence electrons. The van der Waals surface area contributed by atoms with Gasteiger partial charge in [0, 0.05) is 30.5 Å². The van der Waals surface area contributed by atoms with Crippen molar-refractivity contribution in [2.45, 2.75) is 43.4 Å². The van der Waals surface area contributed by atoms with Crippen LogP contribution in [0.15, 0.2) is 29.4 Å². The van der Waals surface area contributed by atoms with Gasteiger partial charge in [-0.2, -0.15) is 17.7 Å². The number of halogens is 2. The molecule has 30 heavy (non-hydrogen) atoms. The van der Waals surface area contributed by atoms with Gasteiger partial charge in [0.05, 0.1) is 6.10 Å². The lowest BCUT2D eigenvalue weighted by atomic mass is 10.2. The van der Waals surface area contributed by atoms with Crippen molar-refractivity contribution in [3.8, 4) is 5.88 Å². The molecule has 2 aromatic rings. The maximum Gasteiger partial charge on any atom is 0.302 e. The van der Waals surface area contributed by atoms with Crippen LogP contribution in [-0.4, -0.2) is 53.1 Å². The predicted molar refractivity (Wildman–Crippen MR) is 108 cm³/mol. The van der Waals surface area contributed by atoms with Crippen molar-refractivity contribution in [1.82, 2.24) is 14.3 Å². The highest BCUT2D eigenvalue weighted by atomic mass is 32.2. The van der Waals surface area contributed by atoms with E-state index in [-0.39, 0.29) is 28.2 Å². The first kappa shape index (κ1) is 22.7. The molecular formula is C18H22F2N4O4S2. The Morgan fingerprint density at radius 1 is 1.30 bits per heavy atom. The van der Waals surface area contributed by atoms with Gasteiger partial charge in [0.25, 0.3) is 0 Å². The topological polar surface area (TPSA) is 105 Å². The van der Waals surface area contributed by atoms with E-state index < -0.39 is 34.1 Å². The first-order chi connectivity index (χ1) is 14.2. The number of aliphatic hydroxyl groups is 1. The van der Waals surface area contributed by atoms with Gasteiger partial charge < -0.3 is 9.84 Å². The molecule has 0 bridgehead atoms. The molecule has 12 heteroatoms. The van der Waals surface area contributed by atoms with E-state index in [9.17, 15) is 22.3 Å². The number of nitrogens with zero attached hydrogens (tertiary/aromatic N) is 3. The van der Waals surface area contributed by atoms with Gasteiger partial charge in [-0.15, -0.1) is 0 Å². The third-order valence-electron chi connectivity index (χ3n) is 4.44. The van der Waals surface area contributed by atoms with Crippen molar-refractivity contribution in [2.75, 3.05) is 17.8 Å². The fraction of sp³-hybridized carbons (Fsp3) is 0.444. The van der Waals surface area contributed by atoms with Crippen LogP contribution in [0.1, 0.15) is 25.8 Å². The average molecular weight is 461 g/mol. The number of anilines is 1. The van der Waals surface area contributed by atoms with Crippen LogP contribution < -0.4 is 9.46 Å². The van der Waals surface area contributed by atoms with Crippen molar-refractivity contribution in [1.29, 1.82) is 0 Å². The van der Waals surface area contributed by atoms with Crippen LogP contribution in [-0.2, 0) is 16.0 Å². The van der Waals surface area contributed by atoms with E-state index in [1.807, 2.05) is 0 Å². The zero-order chi connectivity index (χ0) is 21.9. The lowest BCUT2D eigenvalue weighted by Gasteiger charge is -2.29. The van der Waals surface area contributed by atoms with Crippen LogP contribution in [0.3, 0.4) is 0 Å². The number of hydrogen-bond acceptors (Lipinski definition) is 7. The van der Waals surface area contributed by atoms with Crippen LogP contribution in [0.4, 0.5) is 14.6 Å². The molecule has 3 rings (SSSR count). The van der Waals surface area contributed by atoms with Crippen molar-refractivity contribution in [2.24, 2.45) is 0 Å². The van der Waals surface area contributed by atoms with E-state index >= 15 is 0 Å². The number of benzene rings is 1. The molecule has 2 heterocycles. The quantitative estimate of drug-likeness (QED) is 0.438. The minimum atomic E-state index is -3.77. The van der Waals surface area contributed by atoms with E-state index in [0.29, 0.717) is 13.1 Å². The predicted octanol–water partition coefficient (Wildman–Crippen LogP) is 2.56. The molecule has 0 saturated carbocycles. The summed E-state index contributed by atoms with van der Waals surface area (Å²) in [6.07, 6.45) is -0.623. The lowest BCUT2D eigenvalue weighted by Crippen LogP contribution is -2.45. The highest BCUT2D eigenvalue weighted by molar-refractivity contribution is 7.98.